The zero-order valence-electron chi connectivity index (χ0n) is 22.2. The maximum absolute atomic E-state index is 14.8. The molecule has 0 spiro atoms. The molecule has 0 N–H and O–H groups in total. The molecule has 0 amide bonds. The minimum atomic E-state index is -4.83. The van der Waals surface area contributed by atoms with E-state index in [4.69, 9.17) is 4.74 Å². The highest BCUT2D eigenvalue weighted by molar-refractivity contribution is 5.71. The maximum atomic E-state index is 14.8. The molecule has 0 unspecified atom stereocenters. The van der Waals surface area contributed by atoms with Gasteiger partial charge in [0.05, 0.1) is 0 Å². The van der Waals surface area contributed by atoms with Crippen molar-refractivity contribution >= 4 is 0 Å². The molecule has 0 aromatic heterocycles. The molecule has 1 aliphatic rings. The van der Waals surface area contributed by atoms with Crippen molar-refractivity contribution in [3.63, 3.8) is 0 Å². The Kier molecular flexibility index (Phi) is 9.87. The lowest BCUT2D eigenvalue weighted by Crippen LogP contribution is -2.16. The molecule has 39 heavy (non-hydrogen) atoms. The second kappa shape index (κ2) is 13.3. The van der Waals surface area contributed by atoms with Gasteiger partial charge in [-0.05, 0) is 72.2 Å². The first-order chi connectivity index (χ1) is 18.7. The van der Waals surface area contributed by atoms with E-state index in [1.54, 1.807) is 0 Å². The quantitative estimate of drug-likeness (QED) is 0.176. The Labute approximate surface area is 227 Å². The van der Waals surface area contributed by atoms with Gasteiger partial charge in [0, 0.05) is 5.56 Å². The summed E-state index contributed by atoms with van der Waals surface area (Å²) in [5.74, 6) is -1.32. The van der Waals surface area contributed by atoms with Crippen LogP contribution in [0, 0.1) is 23.5 Å². The topological polar surface area (TPSA) is 18.5 Å². The standard InChI is InChI=1S/C32H35F5O2/c1-2-3-4-5-22-6-8-23(9-7-22)10-11-24-12-14-25(15-13-24)28-20-21-29(33)30(34)31(28)38-26-16-18-27(19-17-26)39-32(35,36)37/h12-23H,2-11H2,1H3. The van der Waals surface area contributed by atoms with Gasteiger partial charge in [-0.2, -0.15) is 4.39 Å². The van der Waals surface area contributed by atoms with Crippen LogP contribution in [0.5, 0.6) is 17.2 Å². The molecule has 0 radical (unpaired) electrons. The minimum Gasteiger partial charge on any atom is -0.454 e. The number of halogens is 5. The molecule has 1 saturated carbocycles. The van der Waals surface area contributed by atoms with E-state index in [2.05, 4.69) is 11.7 Å². The summed E-state index contributed by atoms with van der Waals surface area (Å²) in [4.78, 5) is 0. The van der Waals surface area contributed by atoms with Crippen molar-refractivity contribution in [1.82, 2.24) is 0 Å². The number of rotatable bonds is 11. The van der Waals surface area contributed by atoms with Crippen molar-refractivity contribution in [3.05, 3.63) is 77.9 Å². The Morgan fingerprint density at radius 2 is 1.36 bits per heavy atom. The van der Waals surface area contributed by atoms with Gasteiger partial charge in [-0.25, -0.2) is 4.39 Å². The van der Waals surface area contributed by atoms with Gasteiger partial charge in [0.25, 0.3) is 0 Å². The summed E-state index contributed by atoms with van der Waals surface area (Å²) in [6.45, 7) is 2.25. The third-order valence-electron chi connectivity index (χ3n) is 7.62. The summed E-state index contributed by atoms with van der Waals surface area (Å²) < 4.78 is 75.5. The molecular weight excluding hydrogens is 511 g/mol. The van der Waals surface area contributed by atoms with E-state index in [9.17, 15) is 22.0 Å². The van der Waals surface area contributed by atoms with Crippen LogP contribution in [-0.2, 0) is 6.42 Å². The lowest BCUT2D eigenvalue weighted by molar-refractivity contribution is -0.274. The summed E-state index contributed by atoms with van der Waals surface area (Å²) in [6.07, 6.45) is 7.90. The Morgan fingerprint density at radius 1 is 0.744 bits per heavy atom. The molecule has 0 aliphatic heterocycles. The second-order valence-electron chi connectivity index (χ2n) is 10.5. The van der Waals surface area contributed by atoms with Crippen molar-refractivity contribution in [2.75, 3.05) is 0 Å². The van der Waals surface area contributed by atoms with Crippen LogP contribution in [0.2, 0.25) is 0 Å². The van der Waals surface area contributed by atoms with Crippen LogP contribution >= 0.6 is 0 Å². The van der Waals surface area contributed by atoms with Crippen LogP contribution in [0.1, 0.15) is 70.3 Å². The first kappa shape index (κ1) is 28.9. The van der Waals surface area contributed by atoms with Crippen LogP contribution < -0.4 is 9.47 Å². The normalized spacial score (nSPS) is 17.7. The number of benzene rings is 3. The summed E-state index contributed by atoms with van der Waals surface area (Å²) >= 11 is 0. The third-order valence-corrected chi connectivity index (χ3v) is 7.62. The monoisotopic (exact) mass is 546 g/mol. The molecule has 4 rings (SSSR count). The average molecular weight is 547 g/mol. The fourth-order valence-corrected chi connectivity index (χ4v) is 5.40. The smallest absolute Gasteiger partial charge is 0.454 e. The SMILES string of the molecule is CCCCCC1CCC(CCc2ccc(-c3ccc(F)c(F)c3Oc3ccc(OC(F)(F)F)cc3)cc2)CC1. The molecule has 1 aliphatic carbocycles. The van der Waals surface area contributed by atoms with Crippen LogP contribution in [0.4, 0.5) is 22.0 Å². The highest BCUT2D eigenvalue weighted by Gasteiger charge is 2.31. The number of aryl methyl sites for hydroxylation is 1. The van der Waals surface area contributed by atoms with Gasteiger partial charge in [0.15, 0.2) is 11.6 Å². The van der Waals surface area contributed by atoms with E-state index in [1.807, 2.05) is 24.3 Å². The van der Waals surface area contributed by atoms with Gasteiger partial charge in [0.2, 0.25) is 5.82 Å². The van der Waals surface area contributed by atoms with E-state index >= 15 is 0 Å². The molecule has 210 valence electrons. The molecule has 3 aromatic rings. The molecule has 0 atom stereocenters. The molecule has 0 saturated heterocycles. The molecule has 3 aromatic carbocycles. The Balaban J connectivity index is 1.38. The number of alkyl halides is 3. The highest BCUT2D eigenvalue weighted by atomic mass is 19.4. The first-order valence-electron chi connectivity index (χ1n) is 13.8. The van der Waals surface area contributed by atoms with Crippen LogP contribution in [0.25, 0.3) is 11.1 Å². The maximum Gasteiger partial charge on any atom is 0.573 e. The van der Waals surface area contributed by atoms with Crippen molar-refractivity contribution in [2.45, 2.75) is 77.5 Å². The number of ether oxygens (including phenoxy) is 2. The van der Waals surface area contributed by atoms with E-state index in [0.29, 0.717) is 11.1 Å². The largest absolute Gasteiger partial charge is 0.573 e. The van der Waals surface area contributed by atoms with Gasteiger partial charge < -0.3 is 9.47 Å². The number of unbranched alkanes of at least 4 members (excludes halogenated alkanes) is 2. The molecular formula is C32H35F5O2. The summed E-state index contributed by atoms with van der Waals surface area (Å²) in [5, 5.41) is 0. The third kappa shape index (κ3) is 8.45. The predicted octanol–water partition coefficient (Wildman–Crippen LogP) is 10.6. The van der Waals surface area contributed by atoms with E-state index in [1.165, 1.54) is 75.1 Å². The van der Waals surface area contributed by atoms with E-state index in [-0.39, 0.29) is 11.5 Å². The van der Waals surface area contributed by atoms with Crippen LogP contribution in [0.15, 0.2) is 60.7 Å². The summed E-state index contributed by atoms with van der Waals surface area (Å²) in [5.41, 5.74) is 2.18. The Morgan fingerprint density at radius 3 is 1.97 bits per heavy atom. The van der Waals surface area contributed by atoms with Crippen LogP contribution in [0.3, 0.4) is 0 Å². The molecule has 1 fully saturated rings. The van der Waals surface area contributed by atoms with Crippen LogP contribution in [-0.4, -0.2) is 6.36 Å². The second-order valence-corrected chi connectivity index (χ2v) is 10.5. The summed E-state index contributed by atoms with van der Waals surface area (Å²) in [6, 6.07) is 14.7. The van der Waals surface area contributed by atoms with Crippen molar-refractivity contribution in [3.8, 4) is 28.4 Å². The molecule has 0 heterocycles. The van der Waals surface area contributed by atoms with Gasteiger partial charge in [-0.3, -0.25) is 0 Å². The number of hydrogen-bond acceptors (Lipinski definition) is 2. The fraction of sp³-hybridized carbons (Fsp3) is 0.438. The van der Waals surface area contributed by atoms with Gasteiger partial charge >= 0.3 is 6.36 Å². The highest BCUT2D eigenvalue weighted by Crippen LogP contribution is 2.38. The fourth-order valence-electron chi connectivity index (χ4n) is 5.40. The average Bonchev–Trinajstić information content (AvgIpc) is 2.92. The van der Waals surface area contributed by atoms with Gasteiger partial charge in [-0.1, -0.05) is 82.6 Å². The van der Waals surface area contributed by atoms with Crippen molar-refractivity contribution in [1.29, 1.82) is 0 Å². The molecule has 2 nitrogen and oxygen atoms in total. The molecule has 7 heteroatoms. The van der Waals surface area contributed by atoms with Gasteiger partial charge in [-0.15, -0.1) is 13.2 Å². The van der Waals surface area contributed by atoms with Crippen molar-refractivity contribution in [2.24, 2.45) is 11.8 Å². The Hall–Kier alpha value is -3.09. The van der Waals surface area contributed by atoms with Gasteiger partial charge in [0.1, 0.15) is 11.5 Å². The predicted molar refractivity (Wildman–Crippen MR) is 143 cm³/mol. The van der Waals surface area contributed by atoms with E-state index in [0.717, 1.165) is 42.9 Å². The number of hydrogen-bond donors (Lipinski definition) is 0. The minimum absolute atomic E-state index is 0.0481. The zero-order chi connectivity index (χ0) is 27.8. The Bertz CT molecular complexity index is 1180. The first-order valence-corrected chi connectivity index (χ1v) is 13.8. The molecule has 0 bridgehead atoms. The lowest BCUT2D eigenvalue weighted by atomic mass is 9.78. The summed E-state index contributed by atoms with van der Waals surface area (Å²) in [7, 11) is 0. The lowest BCUT2D eigenvalue weighted by Gasteiger charge is -2.28. The van der Waals surface area contributed by atoms with E-state index < -0.39 is 23.7 Å². The van der Waals surface area contributed by atoms with Crippen molar-refractivity contribution < 1.29 is 31.4 Å². The zero-order valence-corrected chi connectivity index (χ0v) is 22.2.